The van der Waals surface area contributed by atoms with Gasteiger partial charge in [0.25, 0.3) is 0 Å². The van der Waals surface area contributed by atoms with Gasteiger partial charge in [-0.3, -0.25) is 6.08 Å². The van der Waals surface area contributed by atoms with Crippen LogP contribution in [-0.4, -0.2) is 3.81 Å². The van der Waals surface area contributed by atoms with Crippen LogP contribution in [0.4, 0.5) is 0 Å². The maximum Gasteiger partial charge on any atom is -0.109 e. The smallest absolute Gasteiger partial charge is 0.109 e. The van der Waals surface area contributed by atoms with Gasteiger partial charge in [-0.25, -0.2) is 12.2 Å². The third-order valence-electron chi connectivity index (χ3n) is 5.05. The molecule has 0 atom stereocenters. The Kier molecular flexibility index (Phi) is 12.7. The molecule has 2 aromatic rings. The van der Waals surface area contributed by atoms with Crippen molar-refractivity contribution < 1.29 is 44.8 Å². The Morgan fingerprint density at radius 2 is 1.47 bits per heavy atom. The van der Waals surface area contributed by atoms with Crippen LogP contribution in [-0.2, 0) is 37.2 Å². The minimum atomic E-state index is 0. The molecule has 0 N–H and O–H groups in total. The average molecular weight is 503 g/mol. The number of hydrogen-bond donors (Lipinski definition) is 0. The van der Waals surface area contributed by atoms with E-state index in [9.17, 15) is 0 Å². The van der Waals surface area contributed by atoms with Gasteiger partial charge in [-0.1, -0.05) is 65.3 Å². The van der Waals surface area contributed by atoms with Gasteiger partial charge >= 0.3 is 37.6 Å². The van der Waals surface area contributed by atoms with E-state index in [2.05, 4.69) is 124 Å². The minimum absolute atomic E-state index is 0. The number of allylic oxidation sites excluding steroid dienone is 4. The van der Waals surface area contributed by atoms with Crippen LogP contribution in [0.25, 0.3) is 11.1 Å². The van der Waals surface area contributed by atoms with E-state index < -0.39 is 0 Å². The SMILES string of the molecule is CC(C)(C)c1[c-]c2c(cc1)-c1ccc(C(C)(C)C)cc1C2.C[C](C)=[Ti+2].[C-]1=CC=CC1.[Cl-].[Cl-]. The van der Waals surface area contributed by atoms with Crippen molar-refractivity contribution in [3.63, 3.8) is 0 Å². The Morgan fingerprint density at radius 1 is 0.875 bits per heavy atom. The maximum atomic E-state index is 3.67. The van der Waals surface area contributed by atoms with Gasteiger partial charge in [0.2, 0.25) is 0 Å². The van der Waals surface area contributed by atoms with Gasteiger partial charge in [-0.15, -0.1) is 17.5 Å². The maximum absolute atomic E-state index is 3.67. The van der Waals surface area contributed by atoms with E-state index in [0.29, 0.717) is 0 Å². The van der Waals surface area contributed by atoms with Crippen molar-refractivity contribution in [2.45, 2.75) is 79.1 Å². The second-order valence-corrected chi connectivity index (χ2v) is 11.9. The fraction of sp³-hybridized carbons (Fsp3) is 0.414. The van der Waals surface area contributed by atoms with Crippen LogP contribution in [0.3, 0.4) is 0 Å². The molecule has 0 heterocycles. The van der Waals surface area contributed by atoms with Crippen LogP contribution in [0, 0.1) is 12.1 Å². The number of benzene rings is 2. The van der Waals surface area contributed by atoms with Gasteiger partial charge in [-0.05, 0) is 28.4 Å². The first-order chi connectivity index (χ1) is 13.9. The molecule has 0 unspecified atom stereocenters. The largest absolute Gasteiger partial charge is 1.00 e. The molecule has 0 radical (unpaired) electrons. The number of fused-ring (bicyclic) bond motifs is 3. The van der Waals surface area contributed by atoms with Crippen molar-refractivity contribution >= 4 is 3.81 Å². The van der Waals surface area contributed by atoms with E-state index in [1.807, 2.05) is 12.2 Å². The molecule has 2 aliphatic rings. The van der Waals surface area contributed by atoms with Crippen molar-refractivity contribution in [3.05, 3.63) is 83.0 Å². The molecule has 0 aliphatic heterocycles. The molecular weight excluding hydrogens is 467 g/mol. The van der Waals surface area contributed by atoms with Crippen LogP contribution in [0.5, 0.6) is 0 Å². The van der Waals surface area contributed by atoms with Gasteiger partial charge in [0.15, 0.2) is 0 Å². The molecule has 2 aliphatic carbocycles. The van der Waals surface area contributed by atoms with Crippen LogP contribution >= 0.6 is 0 Å². The summed E-state index contributed by atoms with van der Waals surface area (Å²) in [7, 11) is 0. The predicted octanol–water partition coefficient (Wildman–Crippen LogP) is 1.71. The van der Waals surface area contributed by atoms with Crippen molar-refractivity contribution in [1.82, 2.24) is 0 Å². The first kappa shape index (κ1) is 31.1. The monoisotopic (exact) mass is 502 g/mol. The molecule has 4 rings (SSSR count). The molecule has 0 fully saturated rings. The first-order valence-electron chi connectivity index (χ1n) is 10.8. The molecule has 0 saturated carbocycles. The predicted molar refractivity (Wildman–Crippen MR) is 129 cm³/mol. The Hall–Kier alpha value is -0.916. The summed E-state index contributed by atoms with van der Waals surface area (Å²) in [5, 5.41) is 0. The van der Waals surface area contributed by atoms with Crippen LogP contribution in [0.2, 0.25) is 0 Å². The summed E-state index contributed by atoms with van der Waals surface area (Å²) in [5.74, 6) is 0. The van der Waals surface area contributed by atoms with Crippen molar-refractivity contribution in [1.29, 1.82) is 0 Å². The topological polar surface area (TPSA) is 0 Å². The first-order valence-corrected chi connectivity index (χ1v) is 11.6. The van der Waals surface area contributed by atoms with Gasteiger partial charge in [0.05, 0.1) is 0 Å². The van der Waals surface area contributed by atoms with Gasteiger partial charge < -0.3 is 24.8 Å². The zero-order valence-electron chi connectivity index (χ0n) is 20.8. The quantitative estimate of drug-likeness (QED) is 0.324. The zero-order valence-corrected chi connectivity index (χ0v) is 23.9. The average Bonchev–Trinajstić information content (AvgIpc) is 3.30. The normalized spacial score (nSPS) is 12.8. The molecule has 0 nitrogen and oxygen atoms in total. The van der Waals surface area contributed by atoms with Gasteiger partial charge in [-0.2, -0.15) is 29.8 Å². The third kappa shape index (κ3) is 9.14. The number of rotatable bonds is 0. The molecule has 2 aromatic carbocycles. The summed E-state index contributed by atoms with van der Waals surface area (Å²) in [6, 6.07) is 15.2. The van der Waals surface area contributed by atoms with E-state index in [-0.39, 0.29) is 35.6 Å². The second-order valence-electron chi connectivity index (χ2n) is 10.3. The molecule has 0 amide bonds. The van der Waals surface area contributed by atoms with E-state index in [1.165, 1.54) is 37.2 Å². The summed E-state index contributed by atoms with van der Waals surface area (Å²) >= 11 is 2.08. The fourth-order valence-electron chi connectivity index (χ4n) is 3.37. The van der Waals surface area contributed by atoms with Crippen LogP contribution in [0.1, 0.15) is 84.1 Å². The third-order valence-corrected chi connectivity index (χ3v) is 5.05. The summed E-state index contributed by atoms with van der Waals surface area (Å²) < 4.78 is 1.42. The molecule has 0 bridgehead atoms. The summed E-state index contributed by atoms with van der Waals surface area (Å²) in [5.41, 5.74) is 8.70. The standard InChI is InChI=1S/C21H25.C5H5.C3H6.2ClH.Ti/c1-20(2,3)16-7-9-18-14(12-16)11-15-13-17(21(4,5)6)8-10-19(15)18;1-2-4-5-3-1;1-3-2;;;/h7-10,12H,11H2,1-6H3;1-3H,4H2;1-2H3;2*1H;/q2*-1;;;;+2/p-2. The van der Waals surface area contributed by atoms with Gasteiger partial charge in [0, 0.05) is 0 Å². The number of halogens is 2. The van der Waals surface area contributed by atoms with E-state index in [4.69, 9.17) is 0 Å². The molecule has 32 heavy (non-hydrogen) atoms. The van der Waals surface area contributed by atoms with E-state index >= 15 is 0 Å². The molecule has 0 aromatic heterocycles. The number of hydrogen-bond acceptors (Lipinski definition) is 0. The molecular formula is C29H36Cl2Ti-2. The Labute approximate surface area is 220 Å². The fourth-order valence-corrected chi connectivity index (χ4v) is 3.37. The van der Waals surface area contributed by atoms with Crippen molar-refractivity contribution in [2.75, 3.05) is 0 Å². The summed E-state index contributed by atoms with van der Waals surface area (Å²) in [4.78, 5) is 0. The summed E-state index contributed by atoms with van der Waals surface area (Å²) in [6.45, 7) is 17.8. The zero-order chi connectivity index (χ0) is 22.5. The van der Waals surface area contributed by atoms with Gasteiger partial charge in [0.1, 0.15) is 0 Å². The Morgan fingerprint density at radius 3 is 1.91 bits per heavy atom. The van der Waals surface area contributed by atoms with Crippen LogP contribution in [0.15, 0.2) is 48.6 Å². The van der Waals surface area contributed by atoms with E-state index in [1.54, 1.807) is 0 Å². The van der Waals surface area contributed by atoms with Crippen LogP contribution < -0.4 is 24.8 Å². The van der Waals surface area contributed by atoms with Crippen molar-refractivity contribution in [2.24, 2.45) is 0 Å². The van der Waals surface area contributed by atoms with Crippen molar-refractivity contribution in [3.8, 4) is 11.1 Å². The summed E-state index contributed by atoms with van der Waals surface area (Å²) in [6.07, 6.45) is 11.0. The molecule has 0 saturated heterocycles. The minimum Gasteiger partial charge on any atom is -1.00 e. The Balaban J connectivity index is 0.000000739. The molecule has 172 valence electrons. The molecule has 0 spiro atoms. The second kappa shape index (κ2) is 13.1. The Bertz CT molecular complexity index is 879. The van der Waals surface area contributed by atoms with E-state index in [0.717, 1.165) is 12.8 Å². The molecule has 3 heteroatoms.